The van der Waals surface area contributed by atoms with E-state index in [1.54, 1.807) is 12.1 Å². The highest BCUT2D eigenvalue weighted by atomic mass is 35.5. The van der Waals surface area contributed by atoms with Gasteiger partial charge in [-0.1, -0.05) is 54.8 Å². The van der Waals surface area contributed by atoms with Gasteiger partial charge in [-0.05, 0) is 110 Å². The third-order valence-corrected chi connectivity index (χ3v) is 15.2. The average Bonchev–Trinajstić information content (AvgIpc) is 3.25. The number of sulfone groups is 1. The molecule has 1 saturated carbocycles. The van der Waals surface area contributed by atoms with Crippen molar-refractivity contribution in [2.24, 2.45) is 5.92 Å². The maximum Gasteiger partial charge on any atom is 0.501 e. The molecule has 18 heteroatoms. The lowest BCUT2D eigenvalue weighted by Crippen LogP contribution is -2.39. The van der Waals surface area contributed by atoms with Crippen LogP contribution in [0, 0.1) is 5.92 Å². The zero-order valence-corrected chi connectivity index (χ0v) is 36.7. The van der Waals surface area contributed by atoms with E-state index in [-0.39, 0.29) is 5.56 Å². The molecule has 6 rings (SSSR count). The Bertz CT molecular complexity index is 2270. The molecule has 4 aromatic carbocycles. The second-order valence-electron chi connectivity index (χ2n) is 15.2. The Balaban J connectivity index is 1.08. The number of ether oxygens (including phenoxy) is 1. The fourth-order valence-corrected chi connectivity index (χ4v) is 10.7. The predicted molar refractivity (Wildman–Crippen MR) is 235 cm³/mol. The molecule has 4 aromatic rings. The van der Waals surface area contributed by atoms with Gasteiger partial charge in [0.05, 0.1) is 23.8 Å². The van der Waals surface area contributed by atoms with Gasteiger partial charge in [-0.3, -0.25) is 9.69 Å². The van der Waals surface area contributed by atoms with Crippen LogP contribution >= 0.6 is 23.4 Å². The summed E-state index contributed by atoms with van der Waals surface area (Å²) in [5.74, 6) is 0.313. The van der Waals surface area contributed by atoms with Gasteiger partial charge in [0.25, 0.3) is 25.8 Å². The number of morpholine rings is 1. The van der Waals surface area contributed by atoms with E-state index in [4.69, 9.17) is 16.3 Å². The zero-order valence-electron chi connectivity index (χ0n) is 33.5. The number of benzene rings is 4. The van der Waals surface area contributed by atoms with E-state index >= 15 is 0 Å². The molecule has 3 atom stereocenters. The fraction of sp³-hybridized carbons (Fsp3) is 0.419. The van der Waals surface area contributed by atoms with Crippen LogP contribution in [0.1, 0.15) is 53.9 Å². The molecular formula is C43H51ClF3N5O6S3. The normalized spacial score (nSPS) is 18.3. The first-order chi connectivity index (χ1) is 29.2. The van der Waals surface area contributed by atoms with Gasteiger partial charge in [0, 0.05) is 65.7 Å². The first-order valence-corrected chi connectivity index (χ1v) is 24.6. The fourth-order valence-electron chi connectivity index (χ4n) is 7.59. The molecule has 0 unspecified atom stereocenters. The van der Waals surface area contributed by atoms with Crippen LogP contribution in [0.25, 0.3) is 0 Å². The van der Waals surface area contributed by atoms with Crippen LogP contribution in [0.15, 0.2) is 112 Å². The molecule has 1 aliphatic carbocycles. The average molecular weight is 923 g/mol. The summed E-state index contributed by atoms with van der Waals surface area (Å²) in [6, 6.07) is 25.4. The highest BCUT2D eigenvalue weighted by Gasteiger charge is 2.48. The third-order valence-electron chi connectivity index (χ3n) is 10.9. The highest BCUT2D eigenvalue weighted by Crippen LogP contribution is 2.39. The van der Waals surface area contributed by atoms with Crippen LogP contribution in [-0.2, 0) is 24.6 Å². The molecule has 4 N–H and O–H groups in total. The van der Waals surface area contributed by atoms with E-state index in [1.165, 1.54) is 42.3 Å². The Morgan fingerprint density at radius 2 is 1.59 bits per heavy atom. The molecule has 0 bridgehead atoms. The number of carbonyl (C=O) groups excluding carboxylic acids is 1. The number of hydrogen-bond acceptors (Lipinski definition) is 11. The van der Waals surface area contributed by atoms with Crippen LogP contribution in [0.3, 0.4) is 0 Å². The van der Waals surface area contributed by atoms with Gasteiger partial charge in [0.15, 0.2) is 0 Å². The molecule has 2 aliphatic rings. The summed E-state index contributed by atoms with van der Waals surface area (Å²) in [7, 11) is -10.9. The Morgan fingerprint density at radius 3 is 2.30 bits per heavy atom. The van der Waals surface area contributed by atoms with Crippen molar-refractivity contribution in [1.29, 1.82) is 0 Å². The first-order valence-electron chi connectivity index (χ1n) is 20.3. The van der Waals surface area contributed by atoms with E-state index in [2.05, 4.69) is 33.0 Å². The summed E-state index contributed by atoms with van der Waals surface area (Å²) in [5, 5.41) is 10.5. The number of thioether (sulfide) groups is 1. The largest absolute Gasteiger partial charge is 0.501 e. The number of halogens is 4. The lowest BCUT2D eigenvalue weighted by atomic mass is 9.75. The maximum atomic E-state index is 14.1. The Labute approximate surface area is 365 Å². The molecule has 11 nitrogen and oxygen atoms in total. The lowest BCUT2D eigenvalue weighted by Gasteiger charge is -2.32. The van der Waals surface area contributed by atoms with Crippen molar-refractivity contribution in [3.63, 3.8) is 0 Å². The van der Waals surface area contributed by atoms with Crippen molar-refractivity contribution in [3.8, 4) is 0 Å². The molecule has 1 heterocycles. The summed E-state index contributed by atoms with van der Waals surface area (Å²) < 4.78 is 102. The van der Waals surface area contributed by atoms with Gasteiger partial charge in [-0.2, -0.15) is 13.2 Å². The molecule has 2 fully saturated rings. The van der Waals surface area contributed by atoms with Crippen molar-refractivity contribution in [2.45, 2.75) is 64.3 Å². The van der Waals surface area contributed by atoms with Crippen molar-refractivity contribution in [2.75, 3.05) is 68.9 Å². The van der Waals surface area contributed by atoms with Crippen LogP contribution in [0.2, 0.25) is 5.02 Å². The molecule has 0 spiro atoms. The molecule has 330 valence electrons. The van der Waals surface area contributed by atoms with Crippen LogP contribution < -0.4 is 20.7 Å². The number of sulfonamides is 1. The summed E-state index contributed by atoms with van der Waals surface area (Å²) >= 11 is 7.55. The number of nitrogens with zero attached hydrogens (tertiary/aromatic N) is 1. The van der Waals surface area contributed by atoms with E-state index in [0.717, 1.165) is 41.4 Å². The monoisotopic (exact) mass is 921 g/mol. The van der Waals surface area contributed by atoms with E-state index in [1.807, 2.05) is 47.2 Å². The molecule has 1 aliphatic heterocycles. The molecular weight excluding hydrogens is 871 g/mol. The van der Waals surface area contributed by atoms with E-state index < -0.39 is 52.8 Å². The predicted octanol–water partition coefficient (Wildman–Crippen LogP) is 8.02. The first kappa shape index (κ1) is 46.7. The Hall–Kier alpha value is -3.84. The SMILES string of the molecule is O=C(NS(=O)(=O)c1ccc(N[C@H](CCN2CCOCC2)CSc2ccccc2)c(S(=O)(=O)C(F)(F)F)c1)c1ccc(NCCNC[C@@H]2CCCC[C@H]2c2ccc(Cl)cc2)cc1. The minimum Gasteiger partial charge on any atom is -0.384 e. The van der Waals surface area contributed by atoms with Gasteiger partial charge >= 0.3 is 5.51 Å². The number of alkyl halides is 3. The van der Waals surface area contributed by atoms with Crippen LogP contribution in [0.5, 0.6) is 0 Å². The van der Waals surface area contributed by atoms with Crippen molar-refractivity contribution < 1.29 is 39.5 Å². The van der Waals surface area contributed by atoms with E-state index in [9.17, 15) is 34.8 Å². The summed E-state index contributed by atoms with van der Waals surface area (Å²) in [5.41, 5.74) is -4.17. The minimum absolute atomic E-state index is 0.0294. The second kappa shape index (κ2) is 21.5. The standard InChI is InChI=1S/C43H51ClF3N5O6S3/c44-34-14-10-31(11-15-34)39-9-5-4-6-33(39)29-48-21-22-49-35-16-12-32(13-17-35)42(53)51-61(56,57)38-18-19-40(41(28-38)60(54,55)43(45,46)47)50-36(20-23-52-24-26-58-27-25-52)30-59-37-7-2-1-3-8-37/h1-3,7-8,10-19,28,33,36,39,48-50H,4-6,9,20-27,29-30H2,(H,51,53)/t33-,36+,39-/m0/s1. The topological polar surface area (TPSA) is 146 Å². The van der Waals surface area contributed by atoms with Crippen molar-refractivity contribution in [1.82, 2.24) is 14.9 Å². The second-order valence-corrected chi connectivity index (χ2v) is 20.3. The Morgan fingerprint density at radius 1 is 0.885 bits per heavy atom. The number of rotatable bonds is 19. The zero-order chi connectivity index (χ0) is 43.5. The van der Waals surface area contributed by atoms with E-state index in [0.29, 0.717) is 81.7 Å². The molecule has 61 heavy (non-hydrogen) atoms. The number of anilines is 2. The van der Waals surface area contributed by atoms with Crippen molar-refractivity contribution in [3.05, 3.63) is 113 Å². The summed E-state index contributed by atoms with van der Waals surface area (Å²) in [6.07, 6.45) is 5.14. The van der Waals surface area contributed by atoms with Gasteiger partial charge in [-0.25, -0.2) is 21.6 Å². The van der Waals surface area contributed by atoms with Gasteiger partial charge in [-0.15, -0.1) is 11.8 Å². The Kier molecular flexibility index (Phi) is 16.4. The number of hydrogen-bond donors (Lipinski definition) is 4. The maximum absolute atomic E-state index is 14.1. The molecule has 1 saturated heterocycles. The molecule has 0 aromatic heterocycles. The summed E-state index contributed by atoms with van der Waals surface area (Å²) in [6.45, 7) is 5.17. The van der Waals surface area contributed by atoms with Gasteiger partial charge in [0.1, 0.15) is 4.90 Å². The smallest absolute Gasteiger partial charge is 0.384 e. The number of amides is 1. The molecule has 0 radical (unpaired) electrons. The molecule has 1 amide bonds. The van der Waals surface area contributed by atoms with Crippen molar-refractivity contribution >= 4 is 60.5 Å². The highest BCUT2D eigenvalue weighted by molar-refractivity contribution is 7.99. The lowest BCUT2D eigenvalue weighted by molar-refractivity contribution is -0.0435. The number of nitrogens with one attached hydrogen (secondary N) is 4. The van der Waals surface area contributed by atoms with Gasteiger partial charge in [0.2, 0.25) is 0 Å². The van der Waals surface area contributed by atoms with Gasteiger partial charge < -0.3 is 20.7 Å². The van der Waals surface area contributed by atoms with Crippen LogP contribution in [-0.4, -0.2) is 97.4 Å². The minimum atomic E-state index is -6.05. The third kappa shape index (κ3) is 13.1. The number of carbonyl (C=O) groups is 1. The summed E-state index contributed by atoms with van der Waals surface area (Å²) in [4.78, 5) is 14.1. The van der Waals surface area contributed by atoms with Crippen LogP contribution in [0.4, 0.5) is 24.5 Å². The quantitative estimate of drug-likeness (QED) is 0.0536.